The highest BCUT2D eigenvalue weighted by molar-refractivity contribution is 7.80. The van der Waals surface area contributed by atoms with E-state index in [4.69, 9.17) is 21.7 Å². The van der Waals surface area contributed by atoms with Gasteiger partial charge in [0.1, 0.15) is 11.7 Å². The van der Waals surface area contributed by atoms with Crippen LogP contribution in [-0.4, -0.2) is 47.6 Å². The van der Waals surface area contributed by atoms with Gasteiger partial charge in [-0.3, -0.25) is 19.8 Å². The number of carbonyl (C=O) groups is 3. The number of carboxylic acid groups (broad SMARTS) is 1. The van der Waals surface area contributed by atoms with Crippen LogP contribution in [0.1, 0.15) is 12.5 Å². The molecule has 1 fully saturated rings. The number of carbonyl (C=O) groups excluding carboxylic acids is 3. The molecule has 0 aliphatic carbocycles. The summed E-state index contributed by atoms with van der Waals surface area (Å²) in [6.45, 7) is 5.04. The van der Waals surface area contributed by atoms with Crippen LogP contribution >= 0.6 is 12.2 Å². The fraction of sp³-hybridized carbons (Fsp3) is 0.222. The Morgan fingerprint density at radius 2 is 2.11 bits per heavy atom. The molecule has 27 heavy (non-hydrogen) atoms. The predicted octanol–water partition coefficient (Wildman–Crippen LogP) is 0.0251. The second-order valence-corrected chi connectivity index (χ2v) is 5.90. The van der Waals surface area contributed by atoms with Crippen LogP contribution in [0.4, 0.5) is 0 Å². The minimum Gasteiger partial charge on any atom is -0.546 e. The molecular formula is C18H17N2O6S-. The fourth-order valence-electron chi connectivity index (χ4n) is 2.27. The van der Waals surface area contributed by atoms with Crippen LogP contribution in [0, 0.1) is 0 Å². The Labute approximate surface area is 161 Å². The molecule has 8 nitrogen and oxygen atoms in total. The van der Waals surface area contributed by atoms with Gasteiger partial charge >= 0.3 is 0 Å². The molecule has 9 heteroatoms. The Morgan fingerprint density at radius 1 is 1.41 bits per heavy atom. The molecule has 1 aromatic carbocycles. The molecule has 0 unspecified atom stereocenters. The molecular weight excluding hydrogens is 372 g/mol. The Balaban J connectivity index is 2.35. The highest BCUT2D eigenvalue weighted by Crippen LogP contribution is 2.30. The van der Waals surface area contributed by atoms with Gasteiger partial charge in [0.25, 0.3) is 11.8 Å². The van der Waals surface area contributed by atoms with Crippen molar-refractivity contribution in [3.8, 4) is 11.5 Å². The van der Waals surface area contributed by atoms with Crippen molar-refractivity contribution in [1.29, 1.82) is 0 Å². The largest absolute Gasteiger partial charge is 0.546 e. The maximum Gasteiger partial charge on any atom is 0.265 e. The Hall–Kier alpha value is -3.20. The minimum atomic E-state index is -1.37. The van der Waals surface area contributed by atoms with Gasteiger partial charge in [-0.2, -0.15) is 0 Å². The predicted molar refractivity (Wildman–Crippen MR) is 98.7 cm³/mol. The number of nitrogens with zero attached hydrogens (tertiary/aromatic N) is 1. The number of amides is 2. The molecule has 1 aliphatic rings. The zero-order valence-electron chi connectivity index (χ0n) is 14.7. The Kier molecular flexibility index (Phi) is 6.30. The average molecular weight is 389 g/mol. The summed E-state index contributed by atoms with van der Waals surface area (Å²) in [7, 11) is 1.38. The van der Waals surface area contributed by atoms with E-state index in [2.05, 4.69) is 11.9 Å². The number of hydrogen-bond acceptors (Lipinski definition) is 7. The third-order valence-electron chi connectivity index (χ3n) is 3.63. The highest BCUT2D eigenvalue weighted by Gasteiger charge is 2.32. The summed E-state index contributed by atoms with van der Waals surface area (Å²) in [5, 5.41) is 13.3. The summed E-state index contributed by atoms with van der Waals surface area (Å²) in [4.78, 5) is 36.7. The van der Waals surface area contributed by atoms with E-state index >= 15 is 0 Å². The van der Waals surface area contributed by atoms with Crippen LogP contribution in [0.2, 0.25) is 0 Å². The third kappa shape index (κ3) is 4.50. The molecule has 0 saturated carbocycles. The van der Waals surface area contributed by atoms with Gasteiger partial charge in [0, 0.05) is 6.54 Å². The van der Waals surface area contributed by atoms with E-state index in [0.717, 1.165) is 0 Å². The number of carboxylic acids is 1. The summed E-state index contributed by atoms with van der Waals surface area (Å²) in [6.07, 6.45) is 1.69. The van der Waals surface area contributed by atoms with Crippen LogP contribution in [0.25, 0.3) is 6.08 Å². The lowest BCUT2D eigenvalue weighted by molar-refractivity contribution is -0.312. The van der Waals surface area contributed by atoms with Crippen molar-refractivity contribution < 1.29 is 29.0 Å². The van der Waals surface area contributed by atoms with Crippen molar-refractivity contribution in [2.24, 2.45) is 0 Å². The van der Waals surface area contributed by atoms with Gasteiger partial charge in [0.15, 0.2) is 16.6 Å². The summed E-state index contributed by atoms with van der Waals surface area (Å²) in [5.74, 6) is -2.11. The first kappa shape index (κ1) is 20.1. The summed E-state index contributed by atoms with van der Waals surface area (Å²) in [5.41, 5.74) is 0.370. The molecule has 1 atom stereocenters. The summed E-state index contributed by atoms with van der Waals surface area (Å²) in [6, 6.07) is 4.54. The normalized spacial score (nSPS) is 16.7. The number of benzene rings is 1. The monoisotopic (exact) mass is 389 g/mol. The Morgan fingerprint density at radius 3 is 2.70 bits per heavy atom. The smallest absolute Gasteiger partial charge is 0.265 e. The highest BCUT2D eigenvalue weighted by atomic mass is 32.1. The molecule has 1 saturated heterocycles. The van der Waals surface area contributed by atoms with Gasteiger partial charge in [-0.05, 0) is 42.9 Å². The van der Waals surface area contributed by atoms with Crippen molar-refractivity contribution in [2.75, 3.05) is 13.7 Å². The number of ether oxygens (including phenoxy) is 2. The van der Waals surface area contributed by atoms with Gasteiger partial charge < -0.3 is 19.4 Å². The van der Waals surface area contributed by atoms with Crippen molar-refractivity contribution in [1.82, 2.24) is 10.2 Å². The molecule has 1 aliphatic heterocycles. The minimum absolute atomic E-state index is 0.0136. The topological polar surface area (TPSA) is 108 Å². The molecule has 1 heterocycles. The maximum absolute atomic E-state index is 12.5. The number of rotatable bonds is 7. The van der Waals surface area contributed by atoms with Crippen LogP contribution < -0.4 is 19.9 Å². The van der Waals surface area contributed by atoms with Gasteiger partial charge in [-0.25, -0.2) is 0 Å². The van der Waals surface area contributed by atoms with Crippen molar-refractivity contribution in [2.45, 2.75) is 13.0 Å². The molecule has 2 rings (SSSR count). The zero-order valence-corrected chi connectivity index (χ0v) is 15.5. The van der Waals surface area contributed by atoms with Gasteiger partial charge in [0.2, 0.25) is 0 Å². The first-order chi connectivity index (χ1) is 12.8. The van der Waals surface area contributed by atoms with Crippen molar-refractivity contribution in [3.63, 3.8) is 0 Å². The molecule has 2 amide bonds. The van der Waals surface area contributed by atoms with E-state index in [9.17, 15) is 19.5 Å². The lowest BCUT2D eigenvalue weighted by Gasteiger charge is -2.27. The number of nitrogens with one attached hydrogen (secondary N) is 1. The quantitative estimate of drug-likeness (QED) is 0.303. The average Bonchev–Trinajstić information content (AvgIpc) is 2.63. The number of thiocarbonyl (C=S) groups is 1. The molecule has 142 valence electrons. The van der Waals surface area contributed by atoms with Crippen molar-refractivity contribution in [3.05, 3.63) is 42.0 Å². The van der Waals surface area contributed by atoms with E-state index in [-0.39, 0.29) is 28.7 Å². The SMILES string of the molecule is C=CCN1C(=O)/C(=C/c2ccc(O[C@H](C)C(=O)[O-])c(OC)c2)C(=O)NC1=S. The maximum atomic E-state index is 12.5. The number of hydrogen-bond donors (Lipinski definition) is 1. The molecule has 0 aromatic heterocycles. The van der Waals surface area contributed by atoms with Crippen LogP contribution in [-0.2, 0) is 14.4 Å². The molecule has 0 spiro atoms. The molecule has 0 radical (unpaired) electrons. The van der Waals surface area contributed by atoms with Gasteiger partial charge in [-0.1, -0.05) is 12.1 Å². The van der Waals surface area contributed by atoms with Gasteiger partial charge in [-0.15, -0.1) is 6.58 Å². The van der Waals surface area contributed by atoms with E-state index in [0.29, 0.717) is 5.56 Å². The Bertz CT molecular complexity index is 848. The van der Waals surface area contributed by atoms with E-state index in [1.165, 1.54) is 43.2 Å². The van der Waals surface area contributed by atoms with E-state index < -0.39 is 23.9 Å². The third-order valence-corrected chi connectivity index (χ3v) is 3.95. The standard InChI is InChI=1S/C18H18N2O6S/c1-4-7-20-16(22)12(15(21)19-18(20)27)8-11-5-6-13(14(9-11)25-3)26-10(2)17(23)24/h4-6,8-10H,1,7H2,2-3H3,(H,23,24)(H,19,21,27)/p-1/b12-8+/t10-/m1/s1. The van der Waals surface area contributed by atoms with E-state index in [1.54, 1.807) is 6.07 Å². The van der Waals surface area contributed by atoms with Crippen LogP contribution in [0.3, 0.4) is 0 Å². The summed E-state index contributed by atoms with van der Waals surface area (Å²) < 4.78 is 10.4. The number of methoxy groups -OCH3 is 1. The first-order valence-corrected chi connectivity index (χ1v) is 8.24. The van der Waals surface area contributed by atoms with Crippen LogP contribution in [0.15, 0.2) is 36.4 Å². The summed E-state index contributed by atoms with van der Waals surface area (Å²) >= 11 is 4.99. The molecule has 1 aromatic rings. The molecule has 0 bridgehead atoms. The first-order valence-electron chi connectivity index (χ1n) is 7.83. The zero-order chi connectivity index (χ0) is 20.1. The van der Waals surface area contributed by atoms with E-state index in [1.807, 2.05) is 0 Å². The second kappa shape index (κ2) is 8.45. The van der Waals surface area contributed by atoms with Gasteiger partial charge in [0.05, 0.1) is 13.1 Å². The lowest BCUT2D eigenvalue weighted by atomic mass is 10.1. The van der Waals surface area contributed by atoms with Crippen molar-refractivity contribution >= 4 is 41.2 Å². The second-order valence-electron chi connectivity index (χ2n) is 5.51. The molecule has 1 N–H and O–H groups in total. The lowest BCUT2D eigenvalue weighted by Crippen LogP contribution is -2.53. The fourth-order valence-corrected chi connectivity index (χ4v) is 2.52. The van der Waals surface area contributed by atoms with Crippen LogP contribution in [0.5, 0.6) is 11.5 Å². The number of aliphatic carboxylic acids is 1.